The molecule has 1 amide bonds. The van der Waals surface area contributed by atoms with Gasteiger partial charge in [0, 0.05) is 12.2 Å². The molecule has 2 unspecified atom stereocenters. The number of benzene rings is 1. The van der Waals surface area contributed by atoms with Crippen molar-refractivity contribution in [1.29, 1.82) is 0 Å². The van der Waals surface area contributed by atoms with Crippen LogP contribution < -0.4 is 5.32 Å². The Morgan fingerprint density at radius 1 is 1.33 bits per heavy atom. The number of rotatable bonds is 7. The topological polar surface area (TPSA) is 66.4 Å². The number of nitrogens with one attached hydrogen (secondary N) is 1. The highest BCUT2D eigenvalue weighted by Gasteiger charge is 2.12. The van der Waals surface area contributed by atoms with Crippen molar-refractivity contribution in [2.75, 3.05) is 6.66 Å². The Morgan fingerprint density at radius 2 is 2.00 bits per heavy atom. The summed E-state index contributed by atoms with van der Waals surface area (Å²) in [5.74, 6) is -0.904. The van der Waals surface area contributed by atoms with Crippen LogP contribution in [0.25, 0.3) is 0 Å². The van der Waals surface area contributed by atoms with Gasteiger partial charge in [-0.05, 0) is 18.6 Å². The Kier molecular flexibility index (Phi) is 6.37. The molecular weight excluding hydrogens is 249 g/mol. The largest absolute Gasteiger partial charge is 0.481 e. The van der Waals surface area contributed by atoms with E-state index < -0.39 is 5.97 Å². The monoisotopic (exact) mass is 267 g/mol. The average molecular weight is 267 g/mol. The maximum absolute atomic E-state index is 11.8. The fourth-order valence-corrected chi connectivity index (χ4v) is 2.32. The predicted octanol–water partition coefficient (Wildman–Crippen LogP) is 1.84. The summed E-state index contributed by atoms with van der Waals surface area (Å²) in [5.41, 5.74) is 0.964. The zero-order chi connectivity index (χ0) is 13.4. The summed E-state index contributed by atoms with van der Waals surface area (Å²) in [4.78, 5) is 22.3. The first-order chi connectivity index (χ1) is 8.61. The zero-order valence-electron chi connectivity index (χ0n) is 10.3. The number of carbonyl (C=O) groups excluding carboxylic acids is 1. The molecule has 5 heteroatoms. The van der Waals surface area contributed by atoms with E-state index in [1.807, 2.05) is 37.0 Å². The van der Waals surface area contributed by atoms with Crippen molar-refractivity contribution < 1.29 is 14.7 Å². The summed E-state index contributed by atoms with van der Waals surface area (Å²) >= 11 is 0. The first-order valence-electron chi connectivity index (χ1n) is 5.84. The van der Waals surface area contributed by atoms with Crippen molar-refractivity contribution in [2.45, 2.75) is 25.0 Å². The molecule has 0 spiro atoms. The Balaban J connectivity index is 2.40. The summed E-state index contributed by atoms with van der Waals surface area (Å²) in [5, 5.41) is 11.5. The molecule has 1 rings (SSSR count). The van der Waals surface area contributed by atoms with Gasteiger partial charge >= 0.3 is 5.97 Å². The lowest BCUT2D eigenvalue weighted by atomic mass is 10.1. The summed E-state index contributed by atoms with van der Waals surface area (Å²) in [6, 6.07) is 9.50. The number of carboxylic acids is 1. The lowest BCUT2D eigenvalue weighted by Gasteiger charge is -2.16. The highest BCUT2D eigenvalue weighted by atomic mass is 31.1. The molecule has 98 valence electrons. The molecular formula is C13H18NO3P. The molecule has 2 N–H and O–H groups in total. The molecule has 0 saturated heterocycles. The van der Waals surface area contributed by atoms with Gasteiger partial charge in [0.15, 0.2) is 0 Å². The SMILES string of the molecule is CPC(CCC(=O)O)NC(=O)Cc1ccccc1. The Morgan fingerprint density at radius 3 is 2.56 bits per heavy atom. The Hall–Kier alpha value is -1.41. The molecule has 0 heterocycles. The highest BCUT2D eigenvalue weighted by Crippen LogP contribution is 2.16. The summed E-state index contributed by atoms with van der Waals surface area (Å²) in [7, 11) is 0.507. The van der Waals surface area contributed by atoms with Crippen LogP contribution in [-0.2, 0) is 16.0 Å². The van der Waals surface area contributed by atoms with E-state index in [2.05, 4.69) is 5.32 Å². The number of carbonyl (C=O) groups is 2. The molecule has 1 aromatic rings. The van der Waals surface area contributed by atoms with E-state index in [0.717, 1.165) is 5.56 Å². The van der Waals surface area contributed by atoms with Crippen molar-refractivity contribution >= 4 is 20.5 Å². The standard InChI is InChI=1S/C13H18NO3P/c1-18-12(7-8-13(16)17)14-11(15)9-10-5-3-2-4-6-10/h2-6,12,18H,7-9H2,1H3,(H,14,15)(H,16,17). The van der Waals surface area contributed by atoms with Crippen molar-refractivity contribution in [2.24, 2.45) is 0 Å². The maximum Gasteiger partial charge on any atom is 0.303 e. The molecule has 0 fully saturated rings. The fraction of sp³-hybridized carbons (Fsp3) is 0.385. The number of hydrogen-bond acceptors (Lipinski definition) is 2. The molecule has 2 atom stereocenters. The summed E-state index contributed by atoms with van der Waals surface area (Å²) in [6.07, 6.45) is 0.927. The number of hydrogen-bond donors (Lipinski definition) is 2. The molecule has 4 nitrogen and oxygen atoms in total. The second-order valence-electron chi connectivity index (χ2n) is 4.00. The quantitative estimate of drug-likeness (QED) is 0.741. The van der Waals surface area contributed by atoms with Gasteiger partial charge in [-0.1, -0.05) is 30.3 Å². The minimum absolute atomic E-state index is 0.0303. The van der Waals surface area contributed by atoms with Gasteiger partial charge in [-0.15, -0.1) is 8.58 Å². The van der Waals surface area contributed by atoms with Crippen LogP contribution in [0.5, 0.6) is 0 Å². The number of carboxylic acid groups (broad SMARTS) is 1. The second-order valence-corrected chi connectivity index (χ2v) is 5.28. The van der Waals surface area contributed by atoms with Crippen LogP contribution in [0.4, 0.5) is 0 Å². The molecule has 0 aliphatic heterocycles. The van der Waals surface area contributed by atoms with E-state index in [0.29, 0.717) is 21.4 Å². The summed E-state index contributed by atoms with van der Waals surface area (Å²) < 4.78 is 0. The van der Waals surface area contributed by atoms with E-state index in [4.69, 9.17) is 5.11 Å². The van der Waals surface area contributed by atoms with Crippen LogP contribution in [0.15, 0.2) is 30.3 Å². The van der Waals surface area contributed by atoms with Crippen LogP contribution >= 0.6 is 8.58 Å². The van der Waals surface area contributed by atoms with Crippen LogP contribution in [0, 0.1) is 0 Å². The highest BCUT2D eigenvalue weighted by molar-refractivity contribution is 7.37. The second kappa shape index (κ2) is 7.83. The van der Waals surface area contributed by atoms with E-state index in [1.165, 1.54) is 0 Å². The smallest absolute Gasteiger partial charge is 0.303 e. The normalized spacial score (nSPS) is 12.5. The molecule has 0 radical (unpaired) electrons. The first kappa shape index (κ1) is 14.7. The van der Waals surface area contributed by atoms with E-state index in [9.17, 15) is 9.59 Å². The van der Waals surface area contributed by atoms with Gasteiger partial charge in [-0.25, -0.2) is 0 Å². The predicted molar refractivity (Wildman–Crippen MR) is 73.2 cm³/mol. The van der Waals surface area contributed by atoms with Crippen LogP contribution in [0.3, 0.4) is 0 Å². The third kappa shape index (κ3) is 5.78. The molecule has 1 aromatic carbocycles. The van der Waals surface area contributed by atoms with Crippen LogP contribution in [0.1, 0.15) is 18.4 Å². The Bertz CT molecular complexity index is 394. The lowest BCUT2D eigenvalue weighted by molar-refractivity contribution is -0.137. The molecule has 18 heavy (non-hydrogen) atoms. The van der Waals surface area contributed by atoms with E-state index in [1.54, 1.807) is 0 Å². The van der Waals surface area contributed by atoms with Crippen molar-refractivity contribution in [3.05, 3.63) is 35.9 Å². The fourth-order valence-electron chi connectivity index (χ4n) is 1.58. The van der Waals surface area contributed by atoms with Gasteiger partial charge in [0.1, 0.15) is 0 Å². The molecule has 0 aliphatic rings. The van der Waals surface area contributed by atoms with Gasteiger partial charge in [-0.3, -0.25) is 9.59 Å². The van der Waals surface area contributed by atoms with Crippen molar-refractivity contribution in [1.82, 2.24) is 5.32 Å². The number of aliphatic carboxylic acids is 1. The third-order valence-corrected chi connectivity index (χ3v) is 3.67. The van der Waals surface area contributed by atoms with E-state index >= 15 is 0 Å². The first-order valence-corrected chi connectivity index (χ1v) is 7.42. The third-order valence-electron chi connectivity index (χ3n) is 2.54. The van der Waals surface area contributed by atoms with Crippen molar-refractivity contribution in [3.63, 3.8) is 0 Å². The van der Waals surface area contributed by atoms with Gasteiger partial charge in [0.05, 0.1) is 6.42 Å². The van der Waals surface area contributed by atoms with Crippen LogP contribution in [-0.4, -0.2) is 29.4 Å². The van der Waals surface area contributed by atoms with Crippen molar-refractivity contribution in [3.8, 4) is 0 Å². The van der Waals surface area contributed by atoms with Crippen LogP contribution in [0.2, 0.25) is 0 Å². The zero-order valence-corrected chi connectivity index (χ0v) is 11.3. The van der Waals surface area contributed by atoms with Gasteiger partial charge in [0.25, 0.3) is 0 Å². The minimum Gasteiger partial charge on any atom is -0.481 e. The van der Waals surface area contributed by atoms with Gasteiger partial charge in [0.2, 0.25) is 5.91 Å². The van der Waals surface area contributed by atoms with E-state index in [-0.39, 0.29) is 18.1 Å². The molecule has 0 aromatic heterocycles. The lowest BCUT2D eigenvalue weighted by Crippen LogP contribution is -2.33. The molecule has 0 saturated carbocycles. The summed E-state index contributed by atoms with van der Waals surface area (Å²) in [6.45, 7) is 1.97. The number of amides is 1. The van der Waals surface area contributed by atoms with Gasteiger partial charge < -0.3 is 10.4 Å². The Labute approximate surface area is 109 Å². The average Bonchev–Trinajstić information content (AvgIpc) is 2.35. The van der Waals surface area contributed by atoms with Gasteiger partial charge in [-0.2, -0.15) is 0 Å². The molecule has 0 aliphatic carbocycles. The minimum atomic E-state index is -0.824. The maximum atomic E-state index is 11.8. The molecule has 0 bridgehead atoms.